The quantitative estimate of drug-likeness (QED) is 0.591. The highest BCUT2D eigenvalue weighted by atomic mass is 16.5. The molecule has 3 aromatic rings. The van der Waals surface area contributed by atoms with Crippen LogP contribution in [-0.2, 0) is 11.2 Å². The fourth-order valence-electron chi connectivity index (χ4n) is 5.25. The van der Waals surface area contributed by atoms with Crippen LogP contribution in [0.15, 0.2) is 59.1 Å². The van der Waals surface area contributed by atoms with Crippen molar-refractivity contribution in [2.45, 2.75) is 31.7 Å². The first-order valence-corrected chi connectivity index (χ1v) is 11.6. The summed E-state index contributed by atoms with van der Waals surface area (Å²) in [5, 5.41) is 4.30. The number of hydrogen-bond acceptors (Lipinski definition) is 6. The molecular weight excluding hydrogens is 416 g/mol. The van der Waals surface area contributed by atoms with E-state index in [0.717, 1.165) is 61.6 Å². The standard InChI is InChI=1S/C26H30N4O3/c1-29-18-26(17-22(29)24-27-25(33-28-24)20-6-4-3-5-7-20)12-14-30(15-13-26)23(31)16-19-8-10-21(32-2)11-9-19/h3-11,22H,12-18H2,1-2H3. The summed E-state index contributed by atoms with van der Waals surface area (Å²) in [4.78, 5) is 21.9. The molecule has 1 spiro atoms. The summed E-state index contributed by atoms with van der Waals surface area (Å²) in [5.74, 6) is 2.33. The Bertz CT molecular complexity index is 1090. The van der Waals surface area contributed by atoms with Gasteiger partial charge >= 0.3 is 0 Å². The zero-order valence-corrected chi connectivity index (χ0v) is 19.2. The molecule has 3 heterocycles. The zero-order valence-electron chi connectivity index (χ0n) is 19.2. The summed E-state index contributed by atoms with van der Waals surface area (Å²) in [6.07, 6.45) is 3.44. The molecule has 5 rings (SSSR count). The molecule has 0 N–H and O–H groups in total. The minimum atomic E-state index is 0.146. The molecule has 1 unspecified atom stereocenters. The molecule has 0 radical (unpaired) electrons. The highest BCUT2D eigenvalue weighted by Crippen LogP contribution is 2.47. The summed E-state index contributed by atoms with van der Waals surface area (Å²) in [5.41, 5.74) is 2.16. The monoisotopic (exact) mass is 446 g/mol. The Hall–Kier alpha value is -3.19. The summed E-state index contributed by atoms with van der Waals surface area (Å²) < 4.78 is 10.8. The third-order valence-electron chi connectivity index (χ3n) is 7.19. The lowest BCUT2D eigenvalue weighted by atomic mass is 9.76. The predicted molar refractivity (Wildman–Crippen MR) is 125 cm³/mol. The molecule has 7 heteroatoms. The van der Waals surface area contributed by atoms with Crippen LogP contribution in [0.3, 0.4) is 0 Å². The second-order valence-corrected chi connectivity index (χ2v) is 9.36. The minimum Gasteiger partial charge on any atom is -0.497 e. The van der Waals surface area contributed by atoms with Gasteiger partial charge in [-0.25, -0.2) is 0 Å². The van der Waals surface area contributed by atoms with Crippen LogP contribution < -0.4 is 4.74 Å². The number of nitrogens with zero attached hydrogens (tertiary/aromatic N) is 4. The van der Waals surface area contributed by atoms with Crippen molar-refractivity contribution in [3.8, 4) is 17.2 Å². The van der Waals surface area contributed by atoms with E-state index in [4.69, 9.17) is 14.2 Å². The zero-order chi connectivity index (χ0) is 22.8. The second-order valence-electron chi connectivity index (χ2n) is 9.36. The molecule has 1 aromatic heterocycles. The van der Waals surface area contributed by atoms with Crippen molar-refractivity contribution in [2.24, 2.45) is 5.41 Å². The van der Waals surface area contributed by atoms with E-state index in [1.807, 2.05) is 59.5 Å². The first kappa shape index (κ1) is 21.6. The molecule has 0 saturated carbocycles. The van der Waals surface area contributed by atoms with Gasteiger partial charge in [-0.3, -0.25) is 9.69 Å². The maximum atomic E-state index is 12.9. The predicted octanol–water partition coefficient (Wildman–Crippen LogP) is 3.97. The van der Waals surface area contributed by atoms with Crippen molar-refractivity contribution in [1.82, 2.24) is 19.9 Å². The van der Waals surface area contributed by atoms with Gasteiger partial charge in [-0.1, -0.05) is 35.5 Å². The smallest absolute Gasteiger partial charge is 0.257 e. The van der Waals surface area contributed by atoms with Crippen LogP contribution >= 0.6 is 0 Å². The molecule has 0 aliphatic carbocycles. The third kappa shape index (κ3) is 4.50. The lowest BCUT2D eigenvalue weighted by Crippen LogP contribution is -2.44. The molecule has 2 saturated heterocycles. The van der Waals surface area contributed by atoms with Crippen LogP contribution in [0.25, 0.3) is 11.5 Å². The van der Waals surface area contributed by atoms with Crippen molar-refractivity contribution in [3.05, 3.63) is 66.0 Å². The van der Waals surface area contributed by atoms with Gasteiger partial charge in [0.05, 0.1) is 19.6 Å². The normalized spacial score (nSPS) is 20.3. The topological polar surface area (TPSA) is 71.7 Å². The van der Waals surface area contributed by atoms with Gasteiger partial charge in [0.15, 0.2) is 5.82 Å². The molecule has 172 valence electrons. The molecule has 2 aliphatic heterocycles. The highest BCUT2D eigenvalue weighted by molar-refractivity contribution is 5.79. The average Bonchev–Trinajstić information content (AvgIpc) is 3.45. The van der Waals surface area contributed by atoms with Gasteiger partial charge in [0.1, 0.15) is 5.75 Å². The maximum Gasteiger partial charge on any atom is 0.257 e. The van der Waals surface area contributed by atoms with Crippen molar-refractivity contribution in [3.63, 3.8) is 0 Å². The Morgan fingerprint density at radius 2 is 1.85 bits per heavy atom. The molecule has 7 nitrogen and oxygen atoms in total. The van der Waals surface area contributed by atoms with Crippen LogP contribution in [0.4, 0.5) is 0 Å². The molecule has 2 fully saturated rings. The molecule has 1 atom stereocenters. The number of carbonyl (C=O) groups is 1. The first-order valence-electron chi connectivity index (χ1n) is 11.6. The number of piperidine rings is 1. The highest BCUT2D eigenvalue weighted by Gasteiger charge is 2.46. The summed E-state index contributed by atoms with van der Waals surface area (Å²) >= 11 is 0. The summed E-state index contributed by atoms with van der Waals surface area (Å²) in [7, 11) is 3.79. The number of carbonyl (C=O) groups excluding carboxylic acids is 1. The van der Waals surface area contributed by atoms with E-state index in [1.165, 1.54) is 0 Å². The Kier molecular flexibility index (Phi) is 5.89. The minimum absolute atomic E-state index is 0.146. The van der Waals surface area contributed by atoms with Crippen molar-refractivity contribution >= 4 is 5.91 Å². The number of hydrogen-bond donors (Lipinski definition) is 0. The van der Waals surface area contributed by atoms with E-state index in [9.17, 15) is 4.79 Å². The number of methoxy groups -OCH3 is 1. The number of aromatic nitrogens is 2. The SMILES string of the molecule is COc1ccc(CC(=O)N2CCC3(CC2)CC(c2noc(-c4ccccc4)n2)N(C)C3)cc1. The van der Waals surface area contributed by atoms with Gasteiger partial charge in [-0.05, 0) is 61.6 Å². The number of ether oxygens (including phenoxy) is 1. The number of amides is 1. The van der Waals surface area contributed by atoms with Crippen LogP contribution in [0, 0.1) is 5.41 Å². The molecule has 2 aliphatic rings. The molecule has 33 heavy (non-hydrogen) atoms. The van der Waals surface area contributed by atoms with E-state index in [-0.39, 0.29) is 17.4 Å². The van der Waals surface area contributed by atoms with Crippen molar-refractivity contribution in [2.75, 3.05) is 33.8 Å². The lowest BCUT2D eigenvalue weighted by Gasteiger charge is -2.39. The Labute approximate surface area is 194 Å². The van der Waals surface area contributed by atoms with Crippen molar-refractivity contribution < 1.29 is 14.1 Å². The van der Waals surface area contributed by atoms with Crippen LogP contribution in [0.5, 0.6) is 5.75 Å². The van der Waals surface area contributed by atoms with Crippen molar-refractivity contribution in [1.29, 1.82) is 0 Å². The van der Waals surface area contributed by atoms with E-state index in [0.29, 0.717) is 12.3 Å². The van der Waals surface area contributed by atoms with Crippen LogP contribution in [-0.4, -0.2) is 59.6 Å². The van der Waals surface area contributed by atoms with E-state index < -0.39 is 0 Å². The molecule has 1 amide bonds. The fraction of sp³-hybridized carbons (Fsp3) is 0.423. The summed E-state index contributed by atoms with van der Waals surface area (Å²) in [6, 6.07) is 17.8. The largest absolute Gasteiger partial charge is 0.497 e. The van der Waals surface area contributed by atoms with Gasteiger partial charge in [-0.2, -0.15) is 4.98 Å². The third-order valence-corrected chi connectivity index (χ3v) is 7.19. The Balaban J connectivity index is 1.20. The van der Waals surface area contributed by atoms with Gasteiger partial charge in [0, 0.05) is 25.2 Å². The van der Waals surface area contributed by atoms with E-state index in [2.05, 4.69) is 17.1 Å². The van der Waals surface area contributed by atoms with E-state index >= 15 is 0 Å². The lowest BCUT2D eigenvalue weighted by molar-refractivity contribution is -0.132. The van der Waals surface area contributed by atoms with Gasteiger partial charge in [-0.15, -0.1) is 0 Å². The Morgan fingerprint density at radius 1 is 1.12 bits per heavy atom. The van der Waals surface area contributed by atoms with Gasteiger partial charge < -0.3 is 14.2 Å². The van der Waals surface area contributed by atoms with Crippen LogP contribution in [0.2, 0.25) is 0 Å². The summed E-state index contributed by atoms with van der Waals surface area (Å²) in [6.45, 7) is 2.60. The van der Waals surface area contributed by atoms with Gasteiger partial charge in [0.2, 0.25) is 5.91 Å². The fourth-order valence-corrected chi connectivity index (χ4v) is 5.25. The average molecular weight is 447 g/mol. The Morgan fingerprint density at radius 3 is 2.55 bits per heavy atom. The second kappa shape index (κ2) is 8.98. The maximum absolute atomic E-state index is 12.9. The van der Waals surface area contributed by atoms with Crippen LogP contribution in [0.1, 0.15) is 36.7 Å². The number of likely N-dealkylation sites (tertiary alicyclic amines) is 2. The number of rotatable bonds is 5. The molecule has 0 bridgehead atoms. The molecule has 2 aromatic carbocycles. The van der Waals surface area contributed by atoms with Gasteiger partial charge in [0.25, 0.3) is 5.89 Å². The molecular formula is C26H30N4O3. The number of benzene rings is 2. The first-order chi connectivity index (χ1) is 16.0. The van der Waals surface area contributed by atoms with E-state index in [1.54, 1.807) is 7.11 Å².